The summed E-state index contributed by atoms with van der Waals surface area (Å²) < 4.78 is 10.7. The smallest absolute Gasteiger partial charge is 0.270 e. The molecule has 1 rings (SSSR count). The Morgan fingerprint density at radius 3 is 2.75 bits per heavy atom. The van der Waals surface area contributed by atoms with Crippen molar-refractivity contribution in [2.75, 3.05) is 13.2 Å². The van der Waals surface area contributed by atoms with Crippen molar-refractivity contribution in [1.29, 1.82) is 0 Å². The van der Waals surface area contributed by atoms with Crippen LogP contribution in [0.15, 0.2) is 23.4 Å². The van der Waals surface area contributed by atoms with Crippen LogP contribution in [0, 0.1) is 10.1 Å². The number of nitro benzene ring substituents is 1. The fourth-order valence-electron chi connectivity index (χ4n) is 1.45. The van der Waals surface area contributed by atoms with Gasteiger partial charge < -0.3 is 20.4 Å². The van der Waals surface area contributed by atoms with Gasteiger partial charge >= 0.3 is 0 Å². The first-order chi connectivity index (χ1) is 9.45. The first-order valence-corrected chi connectivity index (χ1v) is 5.96. The Kier molecular flexibility index (Phi) is 5.73. The molecule has 0 saturated carbocycles. The van der Waals surface area contributed by atoms with Crippen LogP contribution in [0.4, 0.5) is 5.69 Å². The second kappa shape index (κ2) is 7.29. The molecule has 8 heteroatoms. The lowest BCUT2D eigenvalue weighted by Crippen LogP contribution is -2.17. The SMILES string of the molecule is CC(C)OCCOc1ccc([N+](=O)[O-])cc1C(N)=NO. The largest absolute Gasteiger partial charge is 0.490 e. The van der Waals surface area contributed by atoms with E-state index in [-0.39, 0.29) is 29.8 Å². The molecule has 110 valence electrons. The van der Waals surface area contributed by atoms with Gasteiger partial charge in [-0.1, -0.05) is 5.16 Å². The van der Waals surface area contributed by atoms with Crippen LogP contribution in [0.1, 0.15) is 19.4 Å². The van der Waals surface area contributed by atoms with E-state index in [4.69, 9.17) is 20.4 Å². The summed E-state index contributed by atoms with van der Waals surface area (Å²) in [5.41, 5.74) is 5.47. The number of rotatable bonds is 7. The lowest BCUT2D eigenvalue weighted by atomic mass is 10.1. The Morgan fingerprint density at radius 1 is 1.50 bits per heavy atom. The quantitative estimate of drug-likeness (QED) is 0.195. The van der Waals surface area contributed by atoms with E-state index >= 15 is 0 Å². The zero-order chi connectivity index (χ0) is 15.1. The van der Waals surface area contributed by atoms with Gasteiger partial charge in [-0.05, 0) is 19.9 Å². The molecule has 0 fully saturated rings. The number of nitrogens with zero attached hydrogens (tertiary/aromatic N) is 2. The second-order valence-electron chi connectivity index (χ2n) is 4.19. The standard InChI is InChI=1S/C12H17N3O5/c1-8(2)19-5-6-20-11-4-3-9(15(17)18)7-10(11)12(13)14-16/h3-4,7-8,16H,5-6H2,1-2H3,(H2,13,14). The molecular weight excluding hydrogens is 266 g/mol. The van der Waals surface area contributed by atoms with Crippen molar-refractivity contribution in [3.63, 3.8) is 0 Å². The second-order valence-corrected chi connectivity index (χ2v) is 4.19. The number of hydrogen-bond acceptors (Lipinski definition) is 6. The van der Waals surface area contributed by atoms with Crippen LogP contribution in [-0.4, -0.2) is 35.3 Å². The molecule has 0 aromatic heterocycles. The van der Waals surface area contributed by atoms with E-state index in [1.165, 1.54) is 18.2 Å². The van der Waals surface area contributed by atoms with Crippen molar-refractivity contribution in [3.05, 3.63) is 33.9 Å². The number of amidine groups is 1. The number of nitrogens with two attached hydrogens (primary N) is 1. The van der Waals surface area contributed by atoms with Crippen LogP contribution in [0.3, 0.4) is 0 Å². The van der Waals surface area contributed by atoms with Gasteiger partial charge in [0.1, 0.15) is 12.4 Å². The maximum atomic E-state index is 10.7. The molecular formula is C12H17N3O5. The zero-order valence-corrected chi connectivity index (χ0v) is 11.3. The molecule has 0 heterocycles. The van der Waals surface area contributed by atoms with Gasteiger partial charge in [-0.25, -0.2) is 0 Å². The molecule has 0 saturated heterocycles. The average Bonchev–Trinajstić information content (AvgIpc) is 2.42. The lowest BCUT2D eigenvalue weighted by molar-refractivity contribution is -0.384. The van der Waals surface area contributed by atoms with Crippen LogP contribution in [0.25, 0.3) is 0 Å². The summed E-state index contributed by atoms with van der Waals surface area (Å²) in [6, 6.07) is 3.88. The highest BCUT2D eigenvalue weighted by Crippen LogP contribution is 2.24. The fraction of sp³-hybridized carbons (Fsp3) is 0.417. The highest BCUT2D eigenvalue weighted by Gasteiger charge is 2.15. The van der Waals surface area contributed by atoms with Crippen LogP contribution in [-0.2, 0) is 4.74 Å². The third-order valence-electron chi connectivity index (χ3n) is 2.35. The minimum absolute atomic E-state index is 0.0824. The molecule has 20 heavy (non-hydrogen) atoms. The average molecular weight is 283 g/mol. The molecule has 8 nitrogen and oxygen atoms in total. The van der Waals surface area contributed by atoms with E-state index in [1.54, 1.807) is 0 Å². The van der Waals surface area contributed by atoms with Crippen molar-refractivity contribution in [3.8, 4) is 5.75 Å². The first kappa shape index (κ1) is 15.7. The van der Waals surface area contributed by atoms with Gasteiger partial charge in [0.25, 0.3) is 5.69 Å². The van der Waals surface area contributed by atoms with Gasteiger partial charge in [-0.15, -0.1) is 0 Å². The van der Waals surface area contributed by atoms with Crippen molar-refractivity contribution in [2.24, 2.45) is 10.9 Å². The monoisotopic (exact) mass is 283 g/mol. The van der Waals surface area contributed by atoms with Crippen LogP contribution >= 0.6 is 0 Å². The Hall–Kier alpha value is -2.35. The van der Waals surface area contributed by atoms with E-state index in [2.05, 4.69) is 5.16 Å². The van der Waals surface area contributed by atoms with Crippen molar-refractivity contribution in [1.82, 2.24) is 0 Å². The number of oxime groups is 1. The van der Waals surface area contributed by atoms with E-state index in [9.17, 15) is 10.1 Å². The van der Waals surface area contributed by atoms with Gasteiger partial charge in [0, 0.05) is 12.1 Å². The molecule has 3 N–H and O–H groups in total. The van der Waals surface area contributed by atoms with Crippen molar-refractivity contribution >= 4 is 11.5 Å². The molecule has 0 spiro atoms. The molecule has 0 atom stereocenters. The van der Waals surface area contributed by atoms with Gasteiger partial charge in [0.2, 0.25) is 0 Å². The fourth-order valence-corrected chi connectivity index (χ4v) is 1.45. The molecule has 1 aromatic carbocycles. The maximum Gasteiger partial charge on any atom is 0.270 e. The van der Waals surface area contributed by atoms with Gasteiger partial charge in [0.15, 0.2) is 5.84 Å². The number of hydrogen-bond donors (Lipinski definition) is 2. The van der Waals surface area contributed by atoms with Crippen LogP contribution in [0.2, 0.25) is 0 Å². The first-order valence-electron chi connectivity index (χ1n) is 5.96. The zero-order valence-electron chi connectivity index (χ0n) is 11.3. The van der Waals surface area contributed by atoms with E-state index in [0.717, 1.165) is 0 Å². The van der Waals surface area contributed by atoms with Crippen molar-refractivity contribution in [2.45, 2.75) is 20.0 Å². The Bertz CT molecular complexity index is 502. The molecule has 0 unspecified atom stereocenters. The van der Waals surface area contributed by atoms with Crippen LogP contribution in [0.5, 0.6) is 5.75 Å². The highest BCUT2D eigenvalue weighted by molar-refractivity contribution is 6.00. The lowest BCUT2D eigenvalue weighted by Gasteiger charge is -2.12. The summed E-state index contributed by atoms with van der Waals surface area (Å²) in [5, 5.41) is 22.2. The Morgan fingerprint density at radius 2 is 2.20 bits per heavy atom. The Balaban J connectivity index is 2.86. The topological polar surface area (TPSA) is 120 Å². The highest BCUT2D eigenvalue weighted by atomic mass is 16.6. The predicted octanol–water partition coefficient (Wildman–Crippen LogP) is 1.49. The molecule has 0 aliphatic rings. The minimum Gasteiger partial charge on any atom is -0.490 e. The minimum atomic E-state index is -0.570. The normalized spacial score (nSPS) is 11.7. The van der Waals surface area contributed by atoms with Gasteiger partial charge in [-0.2, -0.15) is 0 Å². The molecule has 0 aliphatic carbocycles. The number of ether oxygens (including phenoxy) is 2. The molecule has 1 aromatic rings. The van der Waals surface area contributed by atoms with Crippen LogP contribution < -0.4 is 10.5 Å². The van der Waals surface area contributed by atoms with E-state index in [0.29, 0.717) is 12.4 Å². The summed E-state index contributed by atoms with van der Waals surface area (Å²) in [5.74, 6) is 0.0340. The summed E-state index contributed by atoms with van der Waals surface area (Å²) in [7, 11) is 0. The van der Waals surface area contributed by atoms with Crippen molar-refractivity contribution < 1.29 is 19.6 Å². The molecule has 0 amide bonds. The maximum absolute atomic E-state index is 10.7. The van der Waals surface area contributed by atoms with E-state index in [1.807, 2.05) is 13.8 Å². The molecule has 0 radical (unpaired) electrons. The van der Waals surface area contributed by atoms with Gasteiger partial charge in [0.05, 0.1) is 23.2 Å². The van der Waals surface area contributed by atoms with E-state index < -0.39 is 4.92 Å². The Labute approximate surface area is 115 Å². The summed E-state index contributed by atoms with van der Waals surface area (Å²) >= 11 is 0. The third kappa shape index (κ3) is 4.39. The summed E-state index contributed by atoms with van der Waals surface area (Å²) in [4.78, 5) is 10.1. The summed E-state index contributed by atoms with van der Waals surface area (Å²) in [6.07, 6.45) is 0.0824. The number of non-ortho nitro benzene ring substituents is 1. The molecule has 0 aliphatic heterocycles. The molecule has 0 bridgehead atoms. The number of nitro groups is 1. The number of benzene rings is 1. The third-order valence-corrected chi connectivity index (χ3v) is 2.35. The summed E-state index contributed by atoms with van der Waals surface area (Å²) in [6.45, 7) is 4.41. The van der Waals surface area contributed by atoms with Gasteiger partial charge in [-0.3, -0.25) is 10.1 Å². The predicted molar refractivity (Wildman–Crippen MR) is 72.2 cm³/mol.